The lowest BCUT2D eigenvalue weighted by Crippen LogP contribution is -1.95. The average molecular weight is 351 g/mol. The van der Waals surface area contributed by atoms with Crippen molar-refractivity contribution in [3.8, 4) is 11.3 Å². The number of nitro benzene ring substituents is 1. The van der Waals surface area contributed by atoms with Crippen molar-refractivity contribution in [3.63, 3.8) is 0 Å². The Morgan fingerprint density at radius 2 is 1.68 bits per heavy atom. The van der Waals surface area contributed by atoms with Gasteiger partial charge in [-0.2, -0.15) is 0 Å². The second kappa shape index (κ2) is 6.49. The van der Waals surface area contributed by atoms with Gasteiger partial charge in [0.1, 0.15) is 0 Å². The van der Waals surface area contributed by atoms with E-state index in [9.17, 15) is 10.1 Å². The van der Waals surface area contributed by atoms with Crippen LogP contribution < -0.4 is 0 Å². The molecule has 0 bridgehead atoms. The Morgan fingerprint density at radius 3 is 2.48 bits per heavy atom. The highest BCUT2D eigenvalue weighted by molar-refractivity contribution is 6.08. The molecule has 1 heterocycles. The van der Waals surface area contributed by atoms with Crippen molar-refractivity contribution < 1.29 is 4.92 Å². The van der Waals surface area contributed by atoms with Crippen LogP contribution in [0, 0.1) is 17.0 Å². The normalized spacial score (nSPS) is 10.6. The third-order valence-electron chi connectivity index (χ3n) is 4.27. The number of para-hydroxylation sites is 1. The molecule has 5 heteroatoms. The standard InChI is InChI=1S/C20H14N2O2.ClH/c1-13-12-18(16-8-4-5-9-19(16)22(23)24)21-17-11-10-14-6-2-3-7-15(14)20(13)17;/h2-12H,1H3;1H. The predicted octanol–water partition coefficient (Wildman–Crippen LogP) is 5.69. The van der Waals surface area contributed by atoms with Crippen LogP contribution in [0.3, 0.4) is 0 Å². The van der Waals surface area contributed by atoms with Gasteiger partial charge in [-0.3, -0.25) is 10.1 Å². The smallest absolute Gasteiger partial charge is 0.258 e. The van der Waals surface area contributed by atoms with Gasteiger partial charge in [0.2, 0.25) is 0 Å². The molecule has 0 spiro atoms. The van der Waals surface area contributed by atoms with Crippen LogP contribution in [-0.2, 0) is 0 Å². The topological polar surface area (TPSA) is 56.0 Å². The van der Waals surface area contributed by atoms with Crippen molar-refractivity contribution in [2.24, 2.45) is 0 Å². The molecule has 0 atom stereocenters. The quantitative estimate of drug-likeness (QED) is 0.265. The van der Waals surface area contributed by atoms with Gasteiger partial charge in [0.15, 0.2) is 0 Å². The first-order valence-corrected chi connectivity index (χ1v) is 7.68. The van der Waals surface area contributed by atoms with Crippen molar-refractivity contribution in [1.82, 2.24) is 4.98 Å². The van der Waals surface area contributed by atoms with E-state index in [1.165, 1.54) is 6.07 Å². The first-order chi connectivity index (χ1) is 11.6. The largest absolute Gasteiger partial charge is 0.278 e. The number of aromatic nitrogens is 1. The van der Waals surface area contributed by atoms with E-state index >= 15 is 0 Å². The fourth-order valence-corrected chi connectivity index (χ4v) is 3.19. The molecule has 0 aliphatic carbocycles. The van der Waals surface area contributed by atoms with Crippen LogP contribution in [0.15, 0.2) is 66.7 Å². The molecule has 0 aliphatic rings. The van der Waals surface area contributed by atoms with Gasteiger partial charge < -0.3 is 0 Å². The molecule has 0 unspecified atom stereocenters. The van der Waals surface area contributed by atoms with Gasteiger partial charge in [0.25, 0.3) is 5.69 Å². The molecule has 3 aromatic carbocycles. The Morgan fingerprint density at radius 1 is 0.960 bits per heavy atom. The van der Waals surface area contributed by atoms with Crippen molar-refractivity contribution in [1.29, 1.82) is 0 Å². The number of pyridine rings is 1. The number of nitro groups is 1. The molecule has 0 aliphatic heterocycles. The molecule has 1 aromatic heterocycles. The Bertz CT molecular complexity index is 1110. The molecule has 0 saturated heterocycles. The second-order valence-electron chi connectivity index (χ2n) is 5.78. The number of benzene rings is 3. The Kier molecular flexibility index (Phi) is 4.38. The summed E-state index contributed by atoms with van der Waals surface area (Å²) in [7, 11) is 0. The highest BCUT2D eigenvalue weighted by atomic mass is 35.5. The molecule has 25 heavy (non-hydrogen) atoms. The van der Waals surface area contributed by atoms with E-state index < -0.39 is 0 Å². The lowest BCUT2D eigenvalue weighted by atomic mass is 9.99. The van der Waals surface area contributed by atoms with Gasteiger partial charge in [-0.1, -0.05) is 42.5 Å². The zero-order valence-electron chi connectivity index (χ0n) is 13.5. The zero-order valence-corrected chi connectivity index (χ0v) is 14.3. The van der Waals surface area contributed by atoms with Gasteiger partial charge >= 0.3 is 0 Å². The number of rotatable bonds is 2. The summed E-state index contributed by atoms with van der Waals surface area (Å²) < 4.78 is 0. The Hall–Kier alpha value is -2.98. The monoisotopic (exact) mass is 350 g/mol. The maximum atomic E-state index is 11.3. The van der Waals surface area contributed by atoms with Gasteiger partial charge in [-0.25, -0.2) is 4.98 Å². The van der Waals surface area contributed by atoms with Crippen LogP contribution in [0.5, 0.6) is 0 Å². The van der Waals surface area contributed by atoms with Crippen LogP contribution in [-0.4, -0.2) is 9.91 Å². The lowest BCUT2D eigenvalue weighted by Gasteiger charge is -2.10. The second-order valence-corrected chi connectivity index (χ2v) is 5.78. The predicted molar refractivity (Wildman–Crippen MR) is 103 cm³/mol. The molecule has 0 N–H and O–H groups in total. The molecule has 0 fully saturated rings. The fraction of sp³-hybridized carbons (Fsp3) is 0.0500. The van der Waals surface area contributed by atoms with Gasteiger partial charge in [-0.05, 0) is 41.5 Å². The summed E-state index contributed by atoms with van der Waals surface area (Å²) >= 11 is 0. The van der Waals surface area contributed by atoms with E-state index in [1.807, 2.05) is 37.3 Å². The first-order valence-electron chi connectivity index (χ1n) is 7.68. The zero-order chi connectivity index (χ0) is 16.7. The molecule has 0 radical (unpaired) electrons. The van der Waals surface area contributed by atoms with E-state index in [4.69, 9.17) is 4.98 Å². The number of fused-ring (bicyclic) bond motifs is 3. The van der Waals surface area contributed by atoms with Crippen molar-refractivity contribution in [2.45, 2.75) is 6.92 Å². The van der Waals surface area contributed by atoms with Crippen molar-refractivity contribution >= 4 is 39.8 Å². The third kappa shape index (κ3) is 2.81. The van der Waals surface area contributed by atoms with Gasteiger partial charge in [-0.15, -0.1) is 12.4 Å². The summed E-state index contributed by atoms with van der Waals surface area (Å²) in [5, 5.41) is 14.7. The van der Waals surface area contributed by atoms with E-state index in [2.05, 4.69) is 12.1 Å². The Balaban J connectivity index is 0.00000182. The highest BCUT2D eigenvalue weighted by Crippen LogP contribution is 2.33. The summed E-state index contributed by atoms with van der Waals surface area (Å²) in [6, 6.07) is 20.8. The number of aryl methyl sites for hydroxylation is 1. The van der Waals surface area contributed by atoms with E-state index in [0.717, 1.165) is 27.2 Å². The van der Waals surface area contributed by atoms with Gasteiger partial charge in [0, 0.05) is 11.5 Å². The number of hydrogen-bond donors (Lipinski definition) is 0. The fourth-order valence-electron chi connectivity index (χ4n) is 3.19. The number of nitrogens with zero attached hydrogens (tertiary/aromatic N) is 2. The third-order valence-corrected chi connectivity index (χ3v) is 4.27. The molecule has 4 rings (SSSR count). The maximum absolute atomic E-state index is 11.3. The molecule has 0 amide bonds. The van der Waals surface area contributed by atoms with E-state index in [-0.39, 0.29) is 23.0 Å². The van der Waals surface area contributed by atoms with Crippen LogP contribution in [0.25, 0.3) is 32.9 Å². The van der Waals surface area contributed by atoms with Gasteiger partial charge in [0.05, 0.1) is 21.7 Å². The average Bonchev–Trinajstić information content (AvgIpc) is 2.61. The minimum atomic E-state index is -0.364. The van der Waals surface area contributed by atoms with Crippen molar-refractivity contribution in [3.05, 3.63) is 82.4 Å². The van der Waals surface area contributed by atoms with Crippen molar-refractivity contribution in [2.75, 3.05) is 0 Å². The van der Waals surface area contributed by atoms with Crippen LogP contribution >= 0.6 is 12.4 Å². The molecule has 4 nitrogen and oxygen atoms in total. The van der Waals surface area contributed by atoms with E-state index in [1.54, 1.807) is 18.2 Å². The SMILES string of the molecule is Cc1cc(-c2ccccc2[N+](=O)[O-])nc2ccc3ccccc3c12.Cl. The van der Waals surface area contributed by atoms with Crippen LogP contribution in [0.2, 0.25) is 0 Å². The molecular formula is C20H15ClN2O2. The molecular weight excluding hydrogens is 336 g/mol. The summed E-state index contributed by atoms with van der Waals surface area (Å²) in [4.78, 5) is 15.6. The Labute approximate surface area is 150 Å². The van der Waals surface area contributed by atoms with Crippen LogP contribution in [0.4, 0.5) is 5.69 Å². The maximum Gasteiger partial charge on any atom is 0.278 e. The van der Waals surface area contributed by atoms with E-state index in [0.29, 0.717) is 11.3 Å². The van der Waals surface area contributed by atoms with Crippen LogP contribution in [0.1, 0.15) is 5.56 Å². The molecule has 4 aromatic rings. The first kappa shape index (κ1) is 16.9. The molecule has 0 saturated carbocycles. The minimum absolute atomic E-state index is 0. The summed E-state index contributed by atoms with van der Waals surface area (Å²) in [6.07, 6.45) is 0. The minimum Gasteiger partial charge on any atom is -0.258 e. The highest BCUT2D eigenvalue weighted by Gasteiger charge is 2.16. The number of hydrogen-bond acceptors (Lipinski definition) is 3. The summed E-state index contributed by atoms with van der Waals surface area (Å²) in [6.45, 7) is 2.02. The number of halogens is 1. The summed E-state index contributed by atoms with van der Waals surface area (Å²) in [5.74, 6) is 0. The summed E-state index contributed by atoms with van der Waals surface area (Å²) in [5.41, 5.74) is 3.15. The molecule has 124 valence electrons. The lowest BCUT2D eigenvalue weighted by molar-refractivity contribution is -0.384.